The Hall–Kier alpha value is -1.75. The number of hydrogen-bond donors (Lipinski definition) is 1. The van der Waals surface area contributed by atoms with Crippen LogP contribution in [0, 0.1) is 5.82 Å². The average Bonchev–Trinajstić information content (AvgIpc) is 2.76. The van der Waals surface area contributed by atoms with E-state index in [-0.39, 0.29) is 11.9 Å². The van der Waals surface area contributed by atoms with Crippen LogP contribution in [0.2, 0.25) is 0 Å². The van der Waals surface area contributed by atoms with Crippen LogP contribution in [-0.2, 0) is 6.42 Å². The first-order chi connectivity index (χ1) is 8.15. The molecular formula is C12H14FN3O. The van der Waals surface area contributed by atoms with Crippen molar-refractivity contribution in [3.05, 3.63) is 36.0 Å². The fraction of sp³-hybridized carbons (Fsp3) is 0.333. The molecule has 0 amide bonds. The van der Waals surface area contributed by atoms with Crippen LogP contribution in [-0.4, -0.2) is 16.2 Å². The van der Waals surface area contributed by atoms with Crippen molar-refractivity contribution in [3.8, 4) is 11.4 Å². The second-order valence-electron chi connectivity index (χ2n) is 4.03. The second-order valence-corrected chi connectivity index (χ2v) is 4.03. The van der Waals surface area contributed by atoms with Crippen LogP contribution in [0.4, 0.5) is 4.39 Å². The van der Waals surface area contributed by atoms with Gasteiger partial charge in [-0.25, -0.2) is 4.39 Å². The van der Waals surface area contributed by atoms with E-state index in [1.165, 1.54) is 12.1 Å². The number of nitrogens with two attached hydrogens (primary N) is 1. The van der Waals surface area contributed by atoms with E-state index in [4.69, 9.17) is 10.3 Å². The van der Waals surface area contributed by atoms with Crippen LogP contribution < -0.4 is 5.73 Å². The van der Waals surface area contributed by atoms with E-state index in [2.05, 4.69) is 10.1 Å². The van der Waals surface area contributed by atoms with E-state index in [0.717, 1.165) is 12.0 Å². The Morgan fingerprint density at radius 1 is 1.35 bits per heavy atom. The molecule has 0 radical (unpaired) electrons. The van der Waals surface area contributed by atoms with E-state index < -0.39 is 0 Å². The van der Waals surface area contributed by atoms with Crippen LogP contribution >= 0.6 is 0 Å². The first kappa shape index (κ1) is 11.7. The van der Waals surface area contributed by atoms with Gasteiger partial charge in [0, 0.05) is 18.0 Å². The van der Waals surface area contributed by atoms with E-state index in [1.807, 2.05) is 6.92 Å². The summed E-state index contributed by atoms with van der Waals surface area (Å²) in [5.41, 5.74) is 6.38. The highest BCUT2D eigenvalue weighted by Gasteiger charge is 2.09. The SMILES string of the molecule is CC(N)CCc1nc(-c2ccc(F)cc2)no1. The lowest BCUT2D eigenvalue weighted by molar-refractivity contribution is 0.372. The molecule has 17 heavy (non-hydrogen) atoms. The van der Waals surface area contributed by atoms with Gasteiger partial charge >= 0.3 is 0 Å². The van der Waals surface area contributed by atoms with Crippen molar-refractivity contribution in [2.24, 2.45) is 5.73 Å². The molecule has 0 spiro atoms. The zero-order valence-electron chi connectivity index (χ0n) is 9.56. The molecule has 0 aliphatic rings. The fourth-order valence-electron chi connectivity index (χ4n) is 1.42. The number of aryl methyl sites for hydroxylation is 1. The zero-order valence-corrected chi connectivity index (χ0v) is 9.56. The predicted octanol–water partition coefficient (Wildman–Crippen LogP) is 2.16. The molecule has 1 aromatic heterocycles. The summed E-state index contributed by atoms with van der Waals surface area (Å²) < 4.78 is 17.8. The summed E-state index contributed by atoms with van der Waals surface area (Å²) in [6, 6.07) is 6.09. The quantitative estimate of drug-likeness (QED) is 0.881. The molecule has 2 rings (SSSR count). The van der Waals surface area contributed by atoms with Gasteiger partial charge in [-0.1, -0.05) is 5.16 Å². The molecule has 0 saturated heterocycles. The average molecular weight is 235 g/mol. The van der Waals surface area contributed by atoms with Crippen LogP contribution in [0.5, 0.6) is 0 Å². The smallest absolute Gasteiger partial charge is 0.227 e. The number of aromatic nitrogens is 2. The predicted molar refractivity (Wildman–Crippen MR) is 61.7 cm³/mol. The van der Waals surface area contributed by atoms with Crippen molar-refractivity contribution in [1.82, 2.24) is 10.1 Å². The van der Waals surface area contributed by atoms with Crippen molar-refractivity contribution in [1.29, 1.82) is 0 Å². The topological polar surface area (TPSA) is 64.9 Å². The Labute approximate surface area is 98.6 Å². The Kier molecular flexibility index (Phi) is 3.49. The Bertz CT molecular complexity index is 479. The van der Waals surface area contributed by atoms with Gasteiger partial charge in [0.2, 0.25) is 11.7 Å². The molecule has 5 heteroatoms. The van der Waals surface area contributed by atoms with Gasteiger partial charge in [0.1, 0.15) is 5.82 Å². The number of rotatable bonds is 4. The minimum absolute atomic E-state index is 0.108. The van der Waals surface area contributed by atoms with Crippen molar-refractivity contribution in [3.63, 3.8) is 0 Å². The number of halogens is 1. The van der Waals surface area contributed by atoms with Gasteiger partial charge in [-0.2, -0.15) is 4.98 Å². The van der Waals surface area contributed by atoms with Gasteiger partial charge in [0.25, 0.3) is 0 Å². The minimum atomic E-state index is -0.283. The third-order valence-electron chi connectivity index (χ3n) is 2.38. The number of hydrogen-bond acceptors (Lipinski definition) is 4. The lowest BCUT2D eigenvalue weighted by Crippen LogP contribution is -2.15. The zero-order chi connectivity index (χ0) is 12.3. The van der Waals surface area contributed by atoms with Gasteiger partial charge in [-0.15, -0.1) is 0 Å². The van der Waals surface area contributed by atoms with Gasteiger partial charge in [0.15, 0.2) is 0 Å². The molecule has 0 bridgehead atoms. The highest BCUT2D eigenvalue weighted by atomic mass is 19.1. The minimum Gasteiger partial charge on any atom is -0.339 e. The Balaban J connectivity index is 2.10. The molecule has 4 nitrogen and oxygen atoms in total. The Morgan fingerprint density at radius 2 is 2.06 bits per heavy atom. The largest absolute Gasteiger partial charge is 0.339 e. The van der Waals surface area contributed by atoms with Crippen LogP contribution in [0.3, 0.4) is 0 Å². The summed E-state index contributed by atoms with van der Waals surface area (Å²) in [6.45, 7) is 1.93. The lowest BCUT2D eigenvalue weighted by Gasteiger charge is -1.99. The third-order valence-corrected chi connectivity index (χ3v) is 2.38. The molecule has 1 unspecified atom stereocenters. The maximum atomic E-state index is 12.7. The summed E-state index contributed by atoms with van der Waals surface area (Å²) in [5.74, 6) is 0.751. The molecule has 1 aromatic carbocycles. The van der Waals surface area contributed by atoms with Gasteiger partial charge in [0.05, 0.1) is 0 Å². The highest BCUT2D eigenvalue weighted by molar-refractivity contribution is 5.53. The summed E-state index contributed by atoms with van der Waals surface area (Å²) in [4.78, 5) is 4.23. The normalized spacial score (nSPS) is 12.6. The van der Waals surface area contributed by atoms with E-state index in [9.17, 15) is 4.39 Å². The summed E-state index contributed by atoms with van der Waals surface area (Å²) in [6.07, 6.45) is 1.46. The summed E-state index contributed by atoms with van der Waals surface area (Å²) in [7, 11) is 0. The highest BCUT2D eigenvalue weighted by Crippen LogP contribution is 2.16. The molecule has 0 saturated carbocycles. The van der Waals surface area contributed by atoms with Crippen LogP contribution in [0.1, 0.15) is 19.2 Å². The summed E-state index contributed by atoms with van der Waals surface area (Å²) >= 11 is 0. The van der Waals surface area contributed by atoms with Crippen molar-refractivity contribution < 1.29 is 8.91 Å². The first-order valence-electron chi connectivity index (χ1n) is 5.49. The monoisotopic (exact) mass is 235 g/mol. The fourth-order valence-corrected chi connectivity index (χ4v) is 1.42. The van der Waals surface area contributed by atoms with E-state index >= 15 is 0 Å². The number of benzene rings is 1. The van der Waals surface area contributed by atoms with Crippen molar-refractivity contribution in [2.75, 3.05) is 0 Å². The molecule has 1 heterocycles. The molecule has 0 aliphatic carbocycles. The third kappa shape index (κ3) is 3.10. The van der Waals surface area contributed by atoms with E-state index in [0.29, 0.717) is 18.1 Å². The summed E-state index contributed by atoms with van der Waals surface area (Å²) in [5, 5.41) is 3.84. The van der Waals surface area contributed by atoms with Crippen molar-refractivity contribution in [2.45, 2.75) is 25.8 Å². The van der Waals surface area contributed by atoms with Crippen molar-refractivity contribution >= 4 is 0 Å². The molecule has 2 N–H and O–H groups in total. The number of nitrogens with zero attached hydrogens (tertiary/aromatic N) is 2. The lowest BCUT2D eigenvalue weighted by atomic mass is 10.2. The van der Waals surface area contributed by atoms with Gasteiger partial charge < -0.3 is 10.3 Å². The van der Waals surface area contributed by atoms with E-state index in [1.54, 1.807) is 12.1 Å². The van der Waals surface area contributed by atoms with Gasteiger partial charge in [-0.05, 0) is 37.6 Å². The second kappa shape index (κ2) is 5.05. The van der Waals surface area contributed by atoms with Crippen LogP contribution in [0.15, 0.2) is 28.8 Å². The first-order valence-corrected chi connectivity index (χ1v) is 5.49. The Morgan fingerprint density at radius 3 is 2.71 bits per heavy atom. The molecule has 0 fully saturated rings. The standard InChI is InChI=1S/C12H14FN3O/c1-8(14)2-7-11-15-12(16-17-11)9-3-5-10(13)6-4-9/h3-6,8H,2,7,14H2,1H3. The molecular weight excluding hydrogens is 221 g/mol. The van der Waals surface area contributed by atoms with Gasteiger partial charge in [-0.3, -0.25) is 0 Å². The maximum absolute atomic E-state index is 12.7. The molecule has 90 valence electrons. The van der Waals surface area contributed by atoms with Crippen LogP contribution in [0.25, 0.3) is 11.4 Å². The molecule has 1 atom stereocenters. The molecule has 0 aliphatic heterocycles. The molecule has 2 aromatic rings. The maximum Gasteiger partial charge on any atom is 0.227 e.